The fourth-order valence-corrected chi connectivity index (χ4v) is 2.75. The fraction of sp³-hybridized carbons (Fsp3) is 0.500. The first-order valence-electron chi connectivity index (χ1n) is 7.38. The van der Waals surface area contributed by atoms with Crippen LogP contribution in [0.15, 0.2) is 24.3 Å². The van der Waals surface area contributed by atoms with E-state index in [-0.39, 0.29) is 18.1 Å². The van der Waals surface area contributed by atoms with Gasteiger partial charge in [-0.3, -0.25) is 9.59 Å². The summed E-state index contributed by atoms with van der Waals surface area (Å²) in [7, 11) is 0. The highest BCUT2D eigenvalue weighted by atomic mass is 19.1. The maximum absolute atomic E-state index is 13.1. The lowest BCUT2D eigenvalue weighted by atomic mass is 9.73. The predicted octanol–water partition coefficient (Wildman–Crippen LogP) is 1.85. The summed E-state index contributed by atoms with van der Waals surface area (Å²) in [6.45, 7) is 1.26. The second-order valence-electron chi connectivity index (χ2n) is 5.45. The molecule has 0 radical (unpaired) electrons. The molecule has 1 aliphatic heterocycles. The van der Waals surface area contributed by atoms with Crippen molar-refractivity contribution in [1.29, 1.82) is 0 Å². The number of halogens is 1. The average molecular weight is 309 g/mol. The lowest BCUT2D eigenvalue weighted by Gasteiger charge is -2.36. The quantitative estimate of drug-likeness (QED) is 0.786. The van der Waals surface area contributed by atoms with Gasteiger partial charge in [-0.15, -0.1) is 0 Å². The number of rotatable bonds is 6. The van der Waals surface area contributed by atoms with E-state index < -0.39 is 11.4 Å². The molecule has 1 heterocycles. The number of amides is 1. The van der Waals surface area contributed by atoms with Crippen LogP contribution >= 0.6 is 0 Å². The van der Waals surface area contributed by atoms with Crippen LogP contribution in [0.2, 0.25) is 0 Å². The number of carbonyl (C=O) groups excluding carboxylic acids is 1. The number of carboxylic acid groups (broad SMARTS) is 1. The maximum atomic E-state index is 13.1. The van der Waals surface area contributed by atoms with Crippen LogP contribution in [0, 0.1) is 5.82 Å². The van der Waals surface area contributed by atoms with Crippen LogP contribution in [0.4, 0.5) is 4.39 Å². The van der Waals surface area contributed by atoms with Crippen LogP contribution in [0.3, 0.4) is 0 Å². The third-order valence-electron chi connectivity index (χ3n) is 4.03. The van der Waals surface area contributed by atoms with Crippen molar-refractivity contribution in [3.05, 3.63) is 35.6 Å². The van der Waals surface area contributed by atoms with Crippen molar-refractivity contribution in [2.75, 3.05) is 19.8 Å². The molecular weight excluding hydrogens is 289 g/mol. The summed E-state index contributed by atoms with van der Waals surface area (Å²) in [4.78, 5) is 23.1. The molecule has 2 N–H and O–H groups in total. The Kier molecular flexibility index (Phi) is 5.49. The summed E-state index contributed by atoms with van der Waals surface area (Å²) in [5.74, 6) is -1.37. The summed E-state index contributed by atoms with van der Waals surface area (Å²) in [5.41, 5.74) is 0.0442. The number of hydrogen-bond donors (Lipinski definition) is 2. The smallest absolute Gasteiger partial charge is 0.303 e. The molecule has 0 aromatic heterocycles. The van der Waals surface area contributed by atoms with Crippen LogP contribution in [-0.4, -0.2) is 36.7 Å². The van der Waals surface area contributed by atoms with Crippen molar-refractivity contribution >= 4 is 11.9 Å². The van der Waals surface area contributed by atoms with Gasteiger partial charge in [0.25, 0.3) is 0 Å². The van der Waals surface area contributed by atoms with Crippen molar-refractivity contribution in [2.45, 2.75) is 31.1 Å². The molecule has 1 fully saturated rings. The Balaban J connectivity index is 2.09. The first kappa shape index (κ1) is 16.4. The van der Waals surface area contributed by atoms with Crippen molar-refractivity contribution in [3.8, 4) is 0 Å². The van der Waals surface area contributed by atoms with Gasteiger partial charge in [0.1, 0.15) is 5.82 Å². The second-order valence-corrected chi connectivity index (χ2v) is 5.45. The third kappa shape index (κ3) is 3.82. The number of aliphatic carboxylic acids is 1. The molecule has 22 heavy (non-hydrogen) atoms. The third-order valence-corrected chi connectivity index (χ3v) is 4.03. The van der Waals surface area contributed by atoms with Crippen molar-refractivity contribution in [3.63, 3.8) is 0 Å². The minimum atomic E-state index is -0.881. The highest BCUT2D eigenvalue weighted by Crippen LogP contribution is 2.35. The van der Waals surface area contributed by atoms with Gasteiger partial charge in [-0.25, -0.2) is 4.39 Å². The zero-order valence-corrected chi connectivity index (χ0v) is 12.3. The van der Waals surface area contributed by atoms with E-state index in [1.807, 2.05) is 0 Å². The molecular formula is C16H20FNO4. The minimum Gasteiger partial charge on any atom is -0.481 e. The van der Waals surface area contributed by atoms with Crippen LogP contribution in [0.1, 0.15) is 31.2 Å². The molecule has 0 bridgehead atoms. The van der Waals surface area contributed by atoms with Gasteiger partial charge in [0.05, 0.1) is 5.41 Å². The Bertz CT molecular complexity index is 523. The molecule has 2 rings (SSSR count). The van der Waals surface area contributed by atoms with Crippen molar-refractivity contribution in [1.82, 2.24) is 5.32 Å². The molecule has 6 heteroatoms. The lowest BCUT2D eigenvalue weighted by molar-refractivity contribution is -0.137. The van der Waals surface area contributed by atoms with Gasteiger partial charge in [-0.2, -0.15) is 0 Å². The Morgan fingerprint density at radius 2 is 1.86 bits per heavy atom. The predicted molar refractivity (Wildman–Crippen MR) is 78.0 cm³/mol. The average Bonchev–Trinajstić information content (AvgIpc) is 2.52. The normalized spacial score (nSPS) is 17.0. The Hall–Kier alpha value is -1.95. The fourth-order valence-electron chi connectivity index (χ4n) is 2.75. The monoisotopic (exact) mass is 309 g/mol. The van der Waals surface area contributed by atoms with E-state index in [0.29, 0.717) is 39.0 Å². The molecule has 0 unspecified atom stereocenters. The van der Waals surface area contributed by atoms with Gasteiger partial charge in [0.2, 0.25) is 5.91 Å². The van der Waals surface area contributed by atoms with Crippen molar-refractivity contribution in [2.24, 2.45) is 0 Å². The first-order valence-corrected chi connectivity index (χ1v) is 7.38. The SMILES string of the molecule is O=C(O)CCCNC(=O)C1(c2ccc(F)cc2)CCOCC1. The number of nitrogens with one attached hydrogen (secondary N) is 1. The highest BCUT2D eigenvalue weighted by molar-refractivity contribution is 5.88. The Morgan fingerprint density at radius 1 is 1.23 bits per heavy atom. The molecule has 1 saturated heterocycles. The van der Waals surface area contributed by atoms with E-state index in [2.05, 4.69) is 5.32 Å². The molecule has 1 aromatic carbocycles. The standard InChI is InChI=1S/C16H20FNO4/c17-13-5-3-12(4-6-13)16(7-10-22-11-8-16)15(21)18-9-1-2-14(19)20/h3-6H,1-2,7-11H2,(H,18,21)(H,19,20). The largest absolute Gasteiger partial charge is 0.481 e. The summed E-state index contributed by atoms with van der Waals surface area (Å²) >= 11 is 0. The molecule has 0 aliphatic carbocycles. The summed E-state index contributed by atoms with van der Waals surface area (Å²) in [6, 6.07) is 5.98. The van der Waals surface area contributed by atoms with Crippen LogP contribution < -0.4 is 5.32 Å². The molecule has 5 nitrogen and oxygen atoms in total. The number of ether oxygens (including phenoxy) is 1. The summed E-state index contributed by atoms with van der Waals surface area (Å²) < 4.78 is 18.5. The topological polar surface area (TPSA) is 75.6 Å². The van der Waals surface area contributed by atoms with E-state index in [1.54, 1.807) is 12.1 Å². The van der Waals surface area contributed by atoms with Crippen LogP contribution in [0.25, 0.3) is 0 Å². The van der Waals surface area contributed by atoms with E-state index in [0.717, 1.165) is 5.56 Å². The van der Waals surface area contributed by atoms with Gasteiger partial charge in [-0.1, -0.05) is 12.1 Å². The Labute approximate surface area is 128 Å². The summed E-state index contributed by atoms with van der Waals surface area (Å²) in [6.07, 6.45) is 1.47. The summed E-state index contributed by atoms with van der Waals surface area (Å²) in [5, 5.41) is 11.4. The van der Waals surface area contributed by atoms with Gasteiger partial charge >= 0.3 is 5.97 Å². The van der Waals surface area contributed by atoms with E-state index in [4.69, 9.17) is 9.84 Å². The molecule has 1 aromatic rings. The maximum Gasteiger partial charge on any atom is 0.303 e. The van der Waals surface area contributed by atoms with E-state index in [9.17, 15) is 14.0 Å². The lowest BCUT2D eigenvalue weighted by Crippen LogP contribution is -2.48. The number of carboxylic acids is 1. The van der Waals surface area contributed by atoms with Gasteiger partial charge in [0, 0.05) is 26.2 Å². The van der Waals surface area contributed by atoms with Crippen LogP contribution in [-0.2, 0) is 19.7 Å². The molecule has 1 amide bonds. The zero-order chi connectivity index (χ0) is 16.0. The second kappa shape index (κ2) is 7.35. The number of hydrogen-bond acceptors (Lipinski definition) is 3. The number of carbonyl (C=O) groups is 2. The van der Waals surface area contributed by atoms with Crippen molar-refractivity contribution < 1.29 is 23.8 Å². The molecule has 0 atom stereocenters. The van der Waals surface area contributed by atoms with Gasteiger partial charge in [-0.05, 0) is 37.0 Å². The minimum absolute atomic E-state index is 0.0208. The first-order chi connectivity index (χ1) is 10.5. The molecule has 0 saturated carbocycles. The number of benzene rings is 1. The molecule has 0 spiro atoms. The zero-order valence-electron chi connectivity index (χ0n) is 12.3. The van der Waals surface area contributed by atoms with E-state index >= 15 is 0 Å². The van der Waals surface area contributed by atoms with E-state index in [1.165, 1.54) is 12.1 Å². The highest BCUT2D eigenvalue weighted by Gasteiger charge is 2.41. The van der Waals surface area contributed by atoms with Crippen LogP contribution in [0.5, 0.6) is 0 Å². The van der Waals surface area contributed by atoms with Gasteiger partial charge < -0.3 is 15.2 Å². The Morgan fingerprint density at radius 3 is 2.45 bits per heavy atom. The van der Waals surface area contributed by atoms with Gasteiger partial charge in [0.15, 0.2) is 0 Å². The molecule has 120 valence electrons. The molecule has 1 aliphatic rings.